The lowest BCUT2D eigenvalue weighted by molar-refractivity contribution is 0.0450. The number of hydrogen-bond donors (Lipinski definition) is 5. The molecule has 103 heavy (non-hydrogen) atoms. The topological polar surface area (TPSA) is 335 Å². The van der Waals surface area contributed by atoms with Crippen LogP contribution in [0.3, 0.4) is 0 Å². The number of aromatic nitrogens is 9. The van der Waals surface area contributed by atoms with E-state index in [-0.39, 0.29) is 17.7 Å². The summed E-state index contributed by atoms with van der Waals surface area (Å²) in [6.45, 7) is 11.7. The van der Waals surface area contributed by atoms with Crippen LogP contribution < -0.4 is 38.1 Å². The summed E-state index contributed by atoms with van der Waals surface area (Å²) in [6.07, 6.45) is 39.9. The molecule has 2 aliphatic carbocycles. The minimum atomic E-state index is 0.0162. The molecular formula is C78H94N20O5. The van der Waals surface area contributed by atoms with Gasteiger partial charge in [-0.25, -0.2) is 0 Å². The minimum Gasteiger partial charge on any atom is -0.495 e. The third-order valence-corrected chi connectivity index (χ3v) is 20.5. The smallest absolute Gasteiger partial charge is 0.272 e. The third kappa shape index (κ3) is 18.1. The molecule has 0 unspecified atom stereocenters. The number of rotatable bonds is 13. The molecule has 7 aliphatic rings. The standard InChI is InChI=1S/C20H25N5O.2C19H23N5O.C11H11N3O.C9H12N2O/c21-18-14-22-8-5-17(18)15-3-4-19(23-13-15)20(26)25-11-6-16(7-12-25)24-9-1-2-10-24;20-17-13-21-7-4-16(17)14-2-3-18(22-12-14)19(25)24-10-5-15(6-11-24)23-8-1-9-23;20-17-13-21-7-6-16(17)14-4-5-18(22-12-14)19(25)24-10-8-23(9-11-24)15-2-1-3-15;1-15-10-7-14-6-9(12)11(10)8-3-2-4-13-5-8;1-12-8-5-11-4-7(10)9(8)6-2-3-6/h3-5,8,13-14,16H,1-2,6-7,9-12,21H2;2-4,7,12-13,15H,1,5-6,8-11,20H2;4-7,12-13,15H,1-3,8-11,20H2;2-7H,12H2,1H3;4-6H,2-3,10H2,1H3. The van der Waals surface area contributed by atoms with Gasteiger partial charge in [-0.3, -0.25) is 64.1 Å². The first-order valence-electron chi connectivity index (χ1n) is 35.8. The molecule has 25 nitrogen and oxygen atoms in total. The SMILES string of the molecule is COc1cncc(N)c1-c1cccnc1.COc1cncc(N)c1C1CC1.Nc1cnccc1-c1ccc(C(=O)N2CCC(N3CCC3)CC2)nc1.Nc1cnccc1-c1ccc(C(=O)N2CCC(N3CCCC3)CC2)nc1.Nc1cnccc1-c1ccc(C(=O)N2CCN(C3CCC3)CC2)nc1. The zero-order chi connectivity index (χ0) is 71.6. The second-order valence-electron chi connectivity index (χ2n) is 26.9. The Morgan fingerprint density at radius 2 is 0.748 bits per heavy atom. The molecule has 536 valence electrons. The number of anilines is 5. The second-order valence-corrected chi connectivity index (χ2v) is 26.9. The molecule has 25 heteroatoms. The van der Waals surface area contributed by atoms with E-state index in [1.54, 1.807) is 125 Å². The van der Waals surface area contributed by atoms with E-state index in [4.69, 9.17) is 38.1 Å². The van der Waals surface area contributed by atoms with Gasteiger partial charge in [0.2, 0.25) is 0 Å². The van der Waals surface area contributed by atoms with Crippen molar-refractivity contribution in [2.45, 2.75) is 101 Å². The van der Waals surface area contributed by atoms with Crippen molar-refractivity contribution < 1.29 is 23.9 Å². The number of amides is 3. The summed E-state index contributed by atoms with van der Waals surface area (Å²) in [6, 6.07) is 22.5. The van der Waals surface area contributed by atoms with Crippen molar-refractivity contribution >= 4 is 46.2 Å². The average Bonchev–Trinajstić information content (AvgIpc) is 1.76. The first kappa shape index (κ1) is 72.0. The van der Waals surface area contributed by atoms with Gasteiger partial charge in [0.15, 0.2) is 0 Å². The van der Waals surface area contributed by atoms with Gasteiger partial charge in [0.1, 0.15) is 28.6 Å². The first-order chi connectivity index (χ1) is 50.3. The van der Waals surface area contributed by atoms with Crippen LogP contribution in [0.5, 0.6) is 11.5 Å². The Balaban J connectivity index is 0.000000124. The fourth-order valence-electron chi connectivity index (χ4n) is 14.1. The van der Waals surface area contributed by atoms with Gasteiger partial charge in [-0.1, -0.05) is 30.7 Å². The van der Waals surface area contributed by atoms with Crippen molar-refractivity contribution in [3.63, 3.8) is 0 Å². The Hall–Kier alpha value is -10.8. The summed E-state index contributed by atoms with van der Waals surface area (Å²) in [5, 5.41) is 0. The first-order valence-corrected chi connectivity index (χ1v) is 35.8. The van der Waals surface area contributed by atoms with E-state index in [0.29, 0.717) is 63.6 Å². The predicted octanol–water partition coefficient (Wildman–Crippen LogP) is 9.78. The Labute approximate surface area is 602 Å². The molecule has 14 heterocycles. The molecule has 2 saturated carbocycles. The van der Waals surface area contributed by atoms with Crippen LogP contribution in [0, 0.1) is 0 Å². The van der Waals surface area contributed by atoms with Crippen molar-refractivity contribution in [2.75, 3.05) is 121 Å². The number of nitrogens with two attached hydrogens (primary N) is 5. The van der Waals surface area contributed by atoms with Crippen molar-refractivity contribution in [3.05, 3.63) is 182 Å². The lowest BCUT2D eigenvalue weighted by Gasteiger charge is -2.42. The van der Waals surface area contributed by atoms with Crippen LogP contribution in [-0.2, 0) is 0 Å². The van der Waals surface area contributed by atoms with Gasteiger partial charge in [0, 0.05) is 165 Å². The highest BCUT2D eigenvalue weighted by Gasteiger charge is 2.34. The molecule has 5 aliphatic heterocycles. The van der Waals surface area contributed by atoms with Gasteiger partial charge in [-0.05, 0) is 145 Å². The number of nitrogens with zero attached hydrogens (tertiary/aromatic N) is 15. The zero-order valence-corrected chi connectivity index (χ0v) is 58.9. The van der Waals surface area contributed by atoms with Crippen molar-refractivity contribution in [2.24, 2.45) is 0 Å². The molecular weight excluding hydrogens is 1300 g/mol. The van der Waals surface area contributed by atoms with Crippen molar-refractivity contribution in [3.8, 4) is 56.0 Å². The van der Waals surface area contributed by atoms with Crippen LogP contribution in [0.25, 0.3) is 44.5 Å². The lowest BCUT2D eigenvalue weighted by atomic mass is 9.91. The lowest BCUT2D eigenvalue weighted by Crippen LogP contribution is -2.53. The van der Waals surface area contributed by atoms with Crippen LogP contribution in [0.2, 0.25) is 0 Å². The van der Waals surface area contributed by atoms with Gasteiger partial charge in [0.05, 0.1) is 91.6 Å². The number of piperazine rings is 1. The molecule has 3 amide bonds. The van der Waals surface area contributed by atoms with E-state index in [0.717, 1.165) is 146 Å². The summed E-state index contributed by atoms with van der Waals surface area (Å²) in [5.41, 5.74) is 42.4. The Morgan fingerprint density at radius 3 is 1.12 bits per heavy atom. The normalized spacial score (nSPS) is 17.2. The molecule has 7 fully saturated rings. The van der Waals surface area contributed by atoms with Crippen LogP contribution in [-0.4, -0.2) is 203 Å². The number of hydrogen-bond acceptors (Lipinski definition) is 22. The quantitative estimate of drug-likeness (QED) is 0.0716. The molecule has 0 spiro atoms. The molecule has 5 saturated heterocycles. The number of nitrogen functional groups attached to an aromatic ring is 5. The van der Waals surface area contributed by atoms with Crippen molar-refractivity contribution in [1.82, 2.24) is 74.3 Å². The summed E-state index contributed by atoms with van der Waals surface area (Å²) in [5.74, 6) is 2.17. The van der Waals surface area contributed by atoms with Gasteiger partial charge < -0.3 is 62.6 Å². The summed E-state index contributed by atoms with van der Waals surface area (Å²) >= 11 is 0. The molecule has 10 N–H and O–H groups in total. The van der Waals surface area contributed by atoms with E-state index in [2.05, 4.69) is 59.6 Å². The highest BCUT2D eigenvalue weighted by molar-refractivity contribution is 5.94. The minimum absolute atomic E-state index is 0.0162. The largest absolute Gasteiger partial charge is 0.495 e. The monoisotopic (exact) mass is 1390 g/mol. The van der Waals surface area contributed by atoms with Gasteiger partial charge >= 0.3 is 0 Å². The summed E-state index contributed by atoms with van der Waals surface area (Å²) in [4.78, 5) is 88.7. The molecule has 0 radical (unpaired) electrons. The Kier molecular flexibility index (Phi) is 24.3. The maximum Gasteiger partial charge on any atom is 0.272 e. The van der Waals surface area contributed by atoms with Crippen LogP contribution in [0.15, 0.2) is 160 Å². The highest BCUT2D eigenvalue weighted by Crippen LogP contribution is 2.46. The number of likely N-dealkylation sites (tertiary alicyclic amines) is 4. The second kappa shape index (κ2) is 34.7. The molecule has 0 atom stereocenters. The molecule has 16 rings (SSSR count). The van der Waals surface area contributed by atoms with E-state index in [9.17, 15) is 14.4 Å². The van der Waals surface area contributed by atoms with Crippen LogP contribution in [0.1, 0.15) is 120 Å². The highest BCUT2D eigenvalue weighted by atomic mass is 16.5. The fraction of sp³-hybridized carbons (Fsp3) is 0.385. The van der Waals surface area contributed by atoms with E-state index >= 15 is 0 Å². The van der Waals surface area contributed by atoms with Crippen LogP contribution in [0.4, 0.5) is 28.4 Å². The predicted molar refractivity (Wildman–Crippen MR) is 401 cm³/mol. The van der Waals surface area contributed by atoms with E-state index < -0.39 is 0 Å². The van der Waals surface area contributed by atoms with E-state index in [1.807, 2.05) is 63.2 Å². The molecule has 9 aromatic rings. The fourth-order valence-corrected chi connectivity index (χ4v) is 14.1. The number of ether oxygens (including phenoxy) is 2. The third-order valence-electron chi connectivity index (χ3n) is 20.5. The molecule has 9 aromatic heterocycles. The molecule has 0 bridgehead atoms. The average molecular weight is 1390 g/mol. The summed E-state index contributed by atoms with van der Waals surface area (Å²) < 4.78 is 10.4. The number of carbonyl (C=O) groups is 3. The molecule has 0 aromatic carbocycles. The maximum absolute atomic E-state index is 12.8. The Bertz CT molecular complexity index is 4120. The van der Waals surface area contributed by atoms with Gasteiger partial charge in [0.25, 0.3) is 17.7 Å². The van der Waals surface area contributed by atoms with E-state index in [1.165, 1.54) is 77.5 Å². The summed E-state index contributed by atoms with van der Waals surface area (Å²) in [7, 11) is 3.25. The van der Waals surface area contributed by atoms with Gasteiger partial charge in [-0.15, -0.1) is 0 Å². The number of carbonyl (C=O) groups excluding carboxylic acids is 3. The maximum atomic E-state index is 12.8. The number of piperidine rings is 2. The van der Waals surface area contributed by atoms with Crippen LogP contribution >= 0.6 is 0 Å². The van der Waals surface area contributed by atoms with Crippen molar-refractivity contribution in [1.29, 1.82) is 0 Å². The number of pyridine rings is 9. The Morgan fingerprint density at radius 1 is 0.350 bits per heavy atom. The zero-order valence-electron chi connectivity index (χ0n) is 58.9. The number of methoxy groups -OCH3 is 2. The van der Waals surface area contributed by atoms with Gasteiger partial charge in [-0.2, -0.15) is 0 Å².